The van der Waals surface area contributed by atoms with Gasteiger partial charge in [-0.05, 0) is 35.1 Å². The standard InChI is InChI=1S/C16H15Cl2FN2O3S/c1-8(2)13(24-16(23)12-11(17)14(18)25-21-12)15(22)20-7-9-3-5-10(19)6-4-9/h3-6,8,13H,7H2,1-2H3,(H,20,22)/t13-/m1/s1. The largest absolute Gasteiger partial charge is 0.447 e. The van der Waals surface area contributed by atoms with Crippen molar-refractivity contribution in [2.24, 2.45) is 5.92 Å². The number of halogens is 3. The molecular formula is C16H15Cl2FN2O3S. The molecule has 0 radical (unpaired) electrons. The highest BCUT2D eigenvalue weighted by Gasteiger charge is 2.29. The van der Waals surface area contributed by atoms with E-state index in [1.54, 1.807) is 26.0 Å². The van der Waals surface area contributed by atoms with Crippen molar-refractivity contribution in [1.82, 2.24) is 9.69 Å². The van der Waals surface area contributed by atoms with Crippen LogP contribution in [0.3, 0.4) is 0 Å². The first-order valence-corrected chi connectivity index (χ1v) is 8.86. The predicted molar refractivity (Wildman–Crippen MR) is 94.4 cm³/mol. The van der Waals surface area contributed by atoms with Crippen LogP contribution in [0, 0.1) is 11.7 Å². The fourth-order valence-corrected chi connectivity index (χ4v) is 2.92. The number of rotatable bonds is 6. The number of benzene rings is 1. The minimum absolute atomic E-state index is 0.00546. The molecule has 25 heavy (non-hydrogen) atoms. The Morgan fingerprint density at radius 3 is 2.44 bits per heavy atom. The summed E-state index contributed by atoms with van der Waals surface area (Å²) in [7, 11) is 0. The van der Waals surface area contributed by atoms with E-state index >= 15 is 0 Å². The Morgan fingerprint density at radius 1 is 1.28 bits per heavy atom. The zero-order valence-corrected chi connectivity index (χ0v) is 15.7. The van der Waals surface area contributed by atoms with Crippen LogP contribution in [0.25, 0.3) is 0 Å². The molecule has 0 saturated carbocycles. The van der Waals surface area contributed by atoms with E-state index in [4.69, 9.17) is 27.9 Å². The van der Waals surface area contributed by atoms with Gasteiger partial charge in [-0.15, -0.1) is 0 Å². The molecule has 0 saturated heterocycles. The van der Waals surface area contributed by atoms with E-state index in [1.165, 1.54) is 12.1 Å². The molecule has 0 fully saturated rings. The van der Waals surface area contributed by atoms with Gasteiger partial charge in [0.15, 0.2) is 11.8 Å². The Hall–Kier alpha value is -1.70. The molecule has 0 aliphatic heterocycles. The van der Waals surface area contributed by atoms with Crippen molar-refractivity contribution >= 4 is 46.6 Å². The van der Waals surface area contributed by atoms with Gasteiger partial charge in [-0.3, -0.25) is 4.79 Å². The molecule has 1 heterocycles. The fourth-order valence-electron chi connectivity index (χ4n) is 1.94. The molecule has 0 spiro atoms. The van der Waals surface area contributed by atoms with E-state index in [0.29, 0.717) is 0 Å². The van der Waals surface area contributed by atoms with Gasteiger partial charge in [0.05, 0.1) is 0 Å². The number of esters is 1. The number of hydrogen-bond donors (Lipinski definition) is 1. The lowest BCUT2D eigenvalue weighted by Gasteiger charge is -2.20. The summed E-state index contributed by atoms with van der Waals surface area (Å²) < 4.78 is 22.1. The number of amides is 1. The molecule has 0 unspecified atom stereocenters. The van der Waals surface area contributed by atoms with E-state index in [2.05, 4.69) is 9.69 Å². The van der Waals surface area contributed by atoms with Crippen LogP contribution < -0.4 is 5.32 Å². The molecule has 2 rings (SSSR count). The first-order valence-electron chi connectivity index (χ1n) is 7.33. The van der Waals surface area contributed by atoms with Gasteiger partial charge in [-0.25, -0.2) is 9.18 Å². The van der Waals surface area contributed by atoms with Crippen LogP contribution in [-0.4, -0.2) is 22.4 Å². The summed E-state index contributed by atoms with van der Waals surface area (Å²) in [4.78, 5) is 24.5. The van der Waals surface area contributed by atoms with Crippen LogP contribution in [0.4, 0.5) is 4.39 Å². The van der Waals surface area contributed by atoms with Gasteiger partial charge < -0.3 is 10.1 Å². The third kappa shape index (κ3) is 5.14. The molecule has 0 aliphatic rings. The molecule has 1 amide bonds. The first kappa shape index (κ1) is 19.6. The average Bonchev–Trinajstić information content (AvgIpc) is 2.90. The van der Waals surface area contributed by atoms with E-state index in [-0.39, 0.29) is 33.3 Å². The summed E-state index contributed by atoms with van der Waals surface area (Å²) in [6.45, 7) is 3.67. The van der Waals surface area contributed by atoms with Crippen LogP contribution in [0.1, 0.15) is 29.9 Å². The van der Waals surface area contributed by atoms with E-state index in [9.17, 15) is 14.0 Å². The van der Waals surface area contributed by atoms with Gasteiger partial charge in [0.1, 0.15) is 15.2 Å². The second kappa shape index (κ2) is 8.60. The number of ether oxygens (including phenoxy) is 1. The molecule has 1 atom stereocenters. The number of nitrogens with one attached hydrogen (secondary N) is 1. The molecule has 2 aromatic rings. The molecule has 1 aromatic heterocycles. The van der Waals surface area contributed by atoms with Gasteiger partial charge in [-0.1, -0.05) is 49.2 Å². The third-order valence-electron chi connectivity index (χ3n) is 3.27. The van der Waals surface area contributed by atoms with Crippen molar-refractivity contribution in [3.8, 4) is 0 Å². The molecule has 0 bridgehead atoms. The Balaban J connectivity index is 2.01. The number of hydrogen-bond acceptors (Lipinski definition) is 5. The highest BCUT2D eigenvalue weighted by atomic mass is 35.5. The summed E-state index contributed by atoms with van der Waals surface area (Å²) in [6, 6.07) is 5.72. The van der Waals surface area contributed by atoms with Gasteiger partial charge in [0.25, 0.3) is 5.91 Å². The smallest absolute Gasteiger partial charge is 0.360 e. The quantitative estimate of drug-likeness (QED) is 0.736. The van der Waals surface area contributed by atoms with Crippen molar-refractivity contribution in [2.45, 2.75) is 26.5 Å². The summed E-state index contributed by atoms with van der Waals surface area (Å²) in [5.74, 6) is -1.91. The topological polar surface area (TPSA) is 68.3 Å². The van der Waals surface area contributed by atoms with Crippen LogP contribution in [-0.2, 0) is 16.1 Å². The Bertz CT molecular complexity index is 765. The monoisotopic (exact) mass is 404 g/mol. The molecule has 134 valence electrons. The van der Waals surface area contributed by atoms with Crippen molar-refractivity contribution in [3.63, 3.8) is 0 Å². The van der Waals surface area contributed by atoms with Gasteiger partial charge in [0, 0.05) is 6.54 Å². The Labute approximate surface area is 158 Å². The lowest BCUT2D eigenvalue weighted by atomic mass is 10.1. The minimum Gasteiger partial charge on any atom is -0.447 e. The average molecular weight is 405 g/mol. The maximum absolute atomic E-state index is 12.9. The maximum Gasteiger partial charge on any atom is 0.360 e. The first-order chi connectivity index (χ1) is 11.8. The fraction of sp³-hybridized carbons (Fsp3) is 0.312. The summed E-state index contributed by atoms with van der Waals surface area (Å²) in [5, 5.41) is 2.67. The van der Waals surface area contributed by atoms with Gasteiger partial charge >= 0.3 is 5.97 Å². The highest BCUT2D eigenvalue weighted by molar-refractivity contribution is 7.11. The highest BCUT2D eigenvalue weighted by Crippen LogP contribution is 2.30. The normalized spacial score (nSPS) is 12.1. The lowest BCUT2D eigenvalue weighted by Crippen LogP contribution is -2.40. The molecule has 1 aromatic carbocycles. The second-order valence-electron chi connectivity index (χ2n) is 5.53. The van der Waals surface area contributed by atoms with Crippen LogP contribution in [0.2, 0.25) is 9.36 Å². The zero-order chi connectivity index (χ0) is 18.6. The van der Waals surface area contributed by atoms with Crippen molar-refractivity contribution < 1.29 is 18.7 Å². The zero-order valence-electron chi connectivity index (χ0n) is 13.4. The number of nitrogens with zero attached hydrogens (tertiary/aromatic N) is 1. The lowest BCUT2D eigenvalue weighted by molar-refractivity contribution is -0.132. The number of aromatic nitrogens is 1. The number of carbonyl (C=O) groups excluding carboxylic acids is 2. The van der Waals surface area contributed by atoms with E-state index < -0.39 is 18.0 Å². The SMILES string of the molecule is CC(C)[C@@H](OC(=O)c1nsc(Cl)c1Cl)C(=O)NCc1ccc(F)cc1. The van der Waals surface area contributed by atoms with Crippen molar-refractivity contribution in [3.05, 3.63) is 50.7 Å². The molecule has 1 N–H and O–H groups in total. The second-order valence-corrected chi connectivity index (χ2v) is 7.29. The van der Waals surface area contributed by atoms with Gasteiger partial charge in [-0.2, -0.15) is 4.37 Å². The van der Waals surface area contributed by atoms with Crippen molar-refractivity contribution in [1.29, 1.82) is 0 Å². The Kier molecular flexibility index (Phi) is 6.75. The van der Waals surface area contributed by atoms with Crippen LogP contribution in [0.5, 0.6) is 0 Å². The maximum atomic E-state index is 12.9. The number of carbonyl (C=O) groups is 2. The van der Waals surface area contributed by atoms with Crippen molar-refractivity contribution in [2.75, 3.05) is 0 Å². The van der Waals surface area contributed by atoms with E-state index in [0.717, 1.165) is 17.1 Å². The third-order valence-corrected chi connectivity index (χ3v) is 4.88. The van der Waals surface area contributed by atoms with Crippen LogP contribution in [0.15, 0.2) is 24.3 Å². The molecule has 5 nitrogen and oxygen atoms in total. The summed E-state index contributed by atoms with van der Waals surface area (Å²) >= 11 is 12.5. The molecular weight excluding hydrogens is 390 g/mol. The molecule has 9 heteroatoms. The van der Waals surface area contributed by atoms with E-state index in [1.807, 2.05) is 0 Å². The Morgan fingerprint density at radius 2 is 1.92 bits per heavy atom. The summed E-state index contributed by atoms with van der Waals surface area (Å²) in [6.07, 6.45) is -1.02. The summed E-state index contributed by atoms with van der Waals surface area (Å²) in [5.41, 5.74) is 0.603. The molecule has 0 aliphatic carbocycles. The minimum atomic E-state index is -1.02. The predicted octanol–water partition coefficient (Wildman–Crippen LogP) is 4.09. The van der Waals surface area contributed by atoms with Crippen LogP contribution >= 0.6 is 34.7 Å². The van der Waals surface area contributed by atoms with Gasteiger partial charge in [0.2, 0.25) is 0 Å².